The third kappa shape index (κ3) is 5.79. The Balaban J connectivity index is 1.54. The number of hydrogen-bond donors (Lipinski definition) is 2. The number of amides is 2. The number of rotatable bonds is 7. The molecular weight excluding hydrogens is 280 g/mol. The van der Waals surface area contributed by atoms with Crippen molar-refractivity contribution in [1.82, 2.24) is 20.6 Å². The third-order valence-corrected chi connectivity index (χ3v) is 4.03. The van der Waals surface area contributed by atoms with E-state index in [1.807, 2.05) is 0 Å². The van der Waals surface area contributed by atoms with Crippen LogP contribution in [0.5, 0.6) is 0 Å². The van der Waals surface area contributed by atoms with Crippen LogP contribution in [0.3, 0.4) is 0 Å². The minimum atomic E-state index is -0.274. The predicted octanol–water partition coefficient (Wildman–Crippen LogP) is 1.68. The highest BCUT2D eigenvalue weighted by Crippen LogP contribution is 2.27. The molecule has 120 valence electrons. The highest BCUT2D eigenvalue weighted by molar-refractivity contribution is 5.91. The number of nitrogens with one attached hydrogen (secondary N) is 2. The molecule has 0 aliphatic heterocycles. The smallest absolute Gasteiger partial charge is 0.271 e. The normalized spacial score (nSPS) is 15.3. The van der Waals surface area contributed by atoms with Crippen LogP contribution in [0.25, 0.3) is 0 Å². The zero-order chi connectivity index (χ0) is 15.6. The zero-order valence-electron chi connectivity index (χ0n) is 12.9. The first-order valence-corrected chi connectivity index (χ1v) is 8.06. The number of carbonyl (C=O) groups excluding carboxylic acids is 2. The van der Waals surface area contributed by atoms with Crippen LogP contribution in [0.15, 0.2) is 18.6 Å². The van der Waals surface area contributed by atoms with Gasteiger partial charge in [-0.3, -0.25) is 14.6 Å². The van der Waals surface area contributed by atoms with Gasteiger partial charge in [0.2, 0.25) is 5.91 Å². The number of hydrogen-bond acceptors (Lipinski definition) is 4. The molecule has 0 unspecified atom stereocenters. The lowest BCUT2D eigenvalue weighted by Gasteiger charge is -2.20. The van der Waals surface area contributed by atoms with E-state index in [1.165, 1.54) is 50.7 Å². The van der Waals surface area contributed by atoms with Gasteiger partial charge in [-0.2, -0.15) is 0 Å². The molecule has 1 saturated carbocycles. The van der Waals surface area contributed by atoms with Crippen molar-refractivity contribution >= 4 is 11.8 Å². The largest absolute Gasteiger partial charge is 0.354 e. The molecule has 0 bridgehead atoms. The molecule has 0 aromatic carbocycles. The van der Waals surface area contributed by atoms with Crippen LogP contribution in [0, 0.1) is 5.92 Å². The van der Waals surface area contributed by atoms with E-state index in [2.05, 4.69) is 20.6 Å². The SMILES string of the molecule is O=C(CCC1CCCCC1)NCCNC(=O)c1cnccn1. The molecule has 1 aliphatic carbocycles. The molecule has 1 aromatic heterocycles. The van der Waals surface area contributed by atoms with Crippen molar-refractivity contribution in [2.75, 3.05) is 13.1 Å². The molecule has 2 amide bonds. The van der Waals surface area contributed by atoms with Gasteiger partial charge in [-0.05, 0) is 12.3 Å². The highest BCUT2D eigenvalue weighted by Gasteiger charge is 2.14. The summed E-state index contributed by atoms with van der Waals surface area (Å²) in [6.07, 6.45) is 12.5. The highest BCUT2D eigenvalue weighted by atomic mass is 16.2. The Labute approximate surface area is 131 Å². The van der Waals surface area contributed by atoms with Crippen LogP contribution in [0.1, 0.15) is 55.4 Å². The average molecular weight is 304 g/mol. The monoisotopic (exact) mass is 304 g/mol. The average Bonchev–Trinajstić information content (AvgIpc) is 2.58. The predicted molar refractivity (Wildman–Crippen MR) is 83.2 cm³/mol. The van der Waals surface area contributed by atoms with E-state index in [0.717, 1.165) is 12.3 Å². The van der Waals surface area contributed by atoms with Crippen molar-refractivity contribution in [3.05, 3.63) is 24.3 Å². The molecule has 1 aliphatic rings. The fourth-order valence-corrected chi connectivity index (χ4v) is 2.78. The molecule has 1 fully saturated rings. The van der Waals surface area contributed by atoms with E-state index < -0.39 is 0 Å². The molecule has 0 radical (unpaired) electrons. The minimum absolute atomic E-state index is 0.0688. The van der Waals surface area contributed by atoms with E-state index in [4.69, 9.17) is 0 Å². The fourth-order valence-electron chi connectivity index (χ4n) is 2.78. The summed E-state index contributed by atoms with van der Waals surface area (Å²) in [5, 5.41) is 5.54. The van der Waals surface area contributed by atoms with Crippen LogP contribution in [0.2, 0.25) is 0 Å². The topological polar surface area (TPSA) is 84.0 Å². The van der Waals surface area contributed by atoms with E-state index >= 15 is 0 Å². The summed E-state index contributed by atoms with van der Waals surface area (Å²) >= 11 is 0. The van der Waals surface area contributed by atoms with Gasteiger partial charge in [-0.25, -0.2) is 4.98 Å². The summed E-state index contributed by atoms with van der Waals surface area (Å²) in [6.45, 7) is 0.833. The van der Waals surface area contributed by atoms with Crippen LogP contribution in [-0.2, 0) is 4.79 Å². The van der Waals surface area contributed by atoms with E-state index in [9.17, 15) is 9.59 Å². The van der Waals surface area contributed by atoms with Crippen molar-refractivity contribution in [2.45, 2.75) is 44.9 Å². The summed E-state index contributed by atoms with van der Waals surface area (Å²) in [5.41, 5.74) is 0.283. The Morgan fingerprint density at radius 2 is 1.86 bits per heavy atom. The van der Waals surface area contributed by atoms with Crippen molar-refractivity contribution in [2.24, 2.45) is 5.92 Å². The lowest BCUT2D eigenvalue weighted by Crippen LogP contribution is -2.35. The first-order valence-electron chi connectivity index (χ1n) is 8.06. The summed E-state index contributed by atoms with van der Waals surface area (Å²) in [7, 11) is 0. The van der Waals surface area contributed by atoms with Gasteiger partial charge >= 0.3 is 0 Å². The van der Waals surface area contributed by atoms with E-state index in [0.29, 0.717) is 19.5 Å². The quantitative estimate of drug-likeness (QED) is 0.751. The summed E-state index contributed by atoms with van der Waals surface area (Å²) < 4.78 is 0. The summed E-state index contributed by atoms with van der Waals surface area (Å²) in [4.78, 5) is 31.2. The van der Waals surface area contributed by atoms with Crippen molar-refractivity contribution in [1.29, 1.82) is 0 Å². The van der Waals surface area contributed by atoms with Crippen LogP contribution in [-0.4, -0.2) is 34.9 Å². The van der Waals surface area contributed by atoms with Gasteiger partial charge in [0.15, 0.2) is 0 Å². The van der Waals surface area contributed by atoms with Crippen molar-refractivity contribution in [3.8, 4) is 0 Å². The van der Waals surface area contributed by atoms with Crippen molar-refractivity contribution in [3.63, 3.8) is 0 Å². The first kappa shape index (κ1) is 16.4. The standard InChI is InChI=1S/C16H24N4O2/c21-15(7-6-13-4-2-1-3-5-13)19-10-11-20-16(22)14-12-17-8-9-18-14/h8-9,12-13H,1-7,10-11H2,(H,19,21)(H,20,22). The molecular formula is C16H24N4O2. The maximum atomic E-state index is 11.8. The lowest BCUT2D eigenvalue weighted by atomic mass is 9.86. The molecule has 6 nitrogen and oxygen atoms in total. The lowest BCUT2D eigenvalue weighted by molar-refractivity contribution is -0.121. The second-order valence-electron chi connectivity index (χ2n) is 5.74. The maximum Gasteiger partial charge on any atom is 0.271 e. The Morgan fingerprint density at radius 1 is 1.09 bits per heavy atom. The molecule has 0 spiro atoms. The summed E-state index contributed by atoms with van der Waals surface area (Å²) in [5.74, 6) is 0.514. The Hall–Kier alpha value is -1.98. The molecule has 2 N–H and O–H groups in total. The number of aromatic nitrogens is 2. The molecule has 1 heterocycles. The molecule has 0 atom stereocenters. The van der Waals surface area contributed by atoms with Gasteiger partial charge in [0.25, 0.3) is 5.91 Å². The van der Waals surface area contributed by atoms with Gasteiger partial charge in [-0.15, -0.1) is 0 Å². The van der Waals surface area contributed by atoms with Gasteiger partial charge in [0.1, 0.15) is 5.69 Å². The van der Waals surface area contributed by atoms with Crippen LogP contribution >= 0.6 is 0 Å². The summed E-state index contributed by atoms with van der Waals surface area (Å²) in [6, 6.07) is 0. The number of nitrogens with zero attached hydrogens (tertiary/aromatic N) is 2. The first-order chi connectivity index (χ1) is 10.8. The van der Waals surface area contributed by atoms with Crippen molar-refractivity contribution < 1.29 is 9.59 Å². The van der Waals surface area contributed by atoms with Gasteiger partial charge in [0, 0.05) is 31.9 Å². The molecule has 0 saturated heterocycles. The zero-order valence-corrected chi connectivity index (χ0v) is 12.9. The molecule has 1 aromatic rings. The van der Waals surface area contributed by atoms with E-state index in [1.54, 1.807) is 0 Å². The van der Waals surface area contributed by atoms with Crippen LogP contribution < -0.4 is 10.6 Å². The van der Waals surface area contributed by atoms with E-state index in [-0.39, 0.29) is 17.5 Å². The molecule has 2 rings (SSSR count). The van der Waals surface area contributed by atoms with Gasteiger partial charge in [0.05, 0.1) is 6.20 Å². The number of carbonyl (C=O) groups is 2. The molecule has 6 heteroatoms. The molecule has 22 heavy (non-hydrogen) atoms. The third-order valence-electron chi connectivity index (χ3n) is 4.03. The Morgan fingerprint density at radius 3 is 2.59 bits per heavy atom. The van der Waals surface area contributed by atoms with Gasteiger partial charge in [-0.1, -0.05) is 32.1 Å². The maximum absolute atomic E-state index is 11.8. The second kappa shape index (κ2) is 9.12. The Bertz CT molecular complexity index is 472. The fraction of sp³-hybridized carbons (Fsp3) is 0.625. The Kier molecular flexibility index (Phi) is 6.80. The van der Waals surface area contributed by atoms with Gasteiger partial charge < -0.3 is 10.6 Å². The van der Waals surface area contributed by atoms with Crippen LogP contribution in [0.4, 0.5) is 0 Å². The minimum Gasteiger partial charge on any atom is -0.354 e. The second-order valence-corrected chi connectivity index (χ2v) is 5.74.